The highest BCUT2D eigenvalue weighted by Crippen LogP contribution is 2.37. The Morgan fingerprint density at radius 3 is 2.74 bits per heavy atom. The Morgan fingerprint density at radius 1 is 1.33 bits per heavy atom. The highest BCUT2D eigenvalue weighted by Gasteiger charge is 2.38. The lowest BCUT2D eigenvalue weighted by molar-refractivity contribution is 0.0821. The smallest absolute Gasteiger partial charge is 0.282 e. The van der Waals surface area contributed by atoms with Gasteiger partial charge < -0.3 is 5.32 Å². The summed E-state index contributed by atoms with van der Waals surface area (Å²) in [4.78, 5) is 12.5. The van der Waals surface area contributed by atoms with Gasteiger partial charge in [0.25, 0.3) is 12.3 Å². The van der Waals surface area contributed by atoms with Gasteiger partial charge in [0.05, 0.1) is 15.6 Å². The highest BCUT2D eigenvalue weighted by atomic mass is 35.5. The van der Waals surface area contributed by atoms with Gasteiger partial charge in [0.2, 0.25) is 5.79 Å². The van der Waals surface area contributed by atoms with Gasteiger partial charge in [-0.05, 0) is 17.7 Å². The second-order valence-corrected chi connectivity index (χ2v) is 6.81. The molecule has 1 atom stereocenters. The van der Waals surface area contributed by atoms with Crippen molar-refractivity contribution in [2.45, 2.75) is 18.6 Å². The van der Waals surface area contributed by atoms with Gasteiger partial charge in [-0.25, -0.2) is 13.2 Å². The average molecular weight is 416 g/mol. The third kappa shape index (κ3) is 3.89. The van der Waals surface area contributed by atoms with Crippen molar-refractivity contribution >= 4 is 34.7 Å². The van der Waals surface area contributed by atoms with Crippen LogP contribution in [0.5, 0.6) is 0 Å². The van der Waals surface area contributed by atoms with Crippen LogP contribution < -0.4 is 5.32 Å². The van der Waals surface area contributed by atoms with Crippen LogP contribution >= 0.6 is 23.2 Å². The minimum Gasteiger partial charge on any atom is -0.316 e. The van der Waals surface area contributed by atoms with Crippen molar-refractivity contribution in [2.75, 3.05) is 0 Å². The van der Waals surface area contributed by atoms with Crippen LogP contribution in [0.4, 0.5) is 13.2 Å². The number of carbonyl (C=O) groups excluding carboxylic acids is 1. The Hall–Kier alpha value is -2.25. The topological polar surface area (TPSA) is 46.9 Å². The van der Waals surface area contributed by atoms with Crippen molar-refractivity contribution in [3.8, 4) is 0 Å². The zero-order chi connectivity index (χ0) is 19.8. The van der Waals surface area contributed by atoms with Gasteiger partial charge >= 0.3 is 0 Å². The van der Waals surface area contributed by atoms with Crippen molar-refractivity contribution in [1.82, 2.24) is 15.1 Å². The number of nitrogens with one attached hydrogen (secondary N) is 1. The maximum absolute atomic E-state index is 15.7. The molecule has 2 aromatic rings. The molecule has 1 N–H and O–H groups in total. The molecule has 0 bridgehead atoms. The van der Waals surface area contributed by atoms with Crippen molar-refractivity contribution in [3.05, 3.63) is 69.5 Å². The van der Waals surface area contributed by atoms with E-state index in [1.54, 1.807) is 12.1 Å². The first-order valence-electron chi connectivity index (χ1n) is 7.87. The summed E-state index contributed by atoms with van der Waals surface area (Å²) in [6.07, 6.45) is 2.64. The van der Waals surface area contributed by atoms with Gasteiger partial charge in [-0.15, -0.1) is 0 Å². The zero-order valence-electron chi connectivity index (χ0n) is 14.0. The standard InChI is InChI=1S/C18H14Cl2F3N3O/c1-26-9-11(15(25-26)16(21)22)17(27)24-18(23)7-3-2-4-12(18)10-5-6-13(19)14(20)8-10/h2-6,8-9,16H,7H2,1H3,(H,24,27). The fraction of sp³-hybridized carbons (Fsp3) is 0.222. The molecule has 1 aliphatic carbocycles. The molecule has 0 saturated carbocycles. The van der Waals surface area contributed by atoms with E-state index in [0.717, 1.165) is 10.9 Å². The van der Waals surface area contributed by atoms with Gasteiger partial charge in [-0.3, -0.25) is 9.48 Å². The predicted molar refractivity (Wildman–Crippen MR) is 97.7 cm³/mol. The van der Waals surface area contributed by atoms with E-state index in [2.05, 4.69) is 10.4 Å². The first kappa shape index (κ1) is 19.5. The quantitative estimate of drug-likeness (QED) is 0.705. The minimum atomic E-state index is -2.96. The molecule has 1 aliphatic rings. The number of aromatic nitrogens is 2. The number of amides is 1. The number of nitrogens with zero attached hydrogens (tertiary/aromatic N) is 2. The molecule has 1 heterocycles. The average Bonchev–Trinajstić information content (AvgIpc) is 3.00. The van der Waals surface area contributed by atoms with E-state index in [1.807, 2.05) is 0 Å². The SMILES string of the molecule is Cn1cc(C(=O)NC2(F)CC=CC=C2c2ccc(Cl)c(Cl)c2)c(C(F)F)n1. The minimum absolute atomic E-state index is 0.138. The lowest BCUT2D eigenvalue weighted by atomic mass is 9.90. The number of allylic oxidation sites excluding steroid dienone is 2. The Labute approximate surface area is 163 Å². The van der Waals surface area contributed by atoms with Crippen LogP contribution in [0.3, 0.4) is 0 Å². The summed E-state index contributed by atoms with van der Waals surface area (Å²) in [5, 5.41) is 6.31. The summed E-state index contributed by atoms with van der Waals surface area (Å²) in [7, 11) is 1.40. The summed E-state index contributed by atoms with van der Waals surface area (Å²) < 4.78 is 43.0. The molecule has 142 valence electrons. The monoisotopic (exact) mass is 415 g/mol. The summed E-state index contributed by atoms with van der Waals surface area (Å²) in [5.41, 5.74) is -0.534. The van der Waals surface area contributed by atoms with Crippen LogP contribution in [0.15, 0.2) is 42.6 Å². The molecule has 0 aliphatic heterocycles. The molecule has 1 aromatic carbocycles. The summed E-state index contributed by atoms with van der Waals surface area (Å²) in [6, 6.07) is 4.55. The summed E-state index contributed by atoms with van der Waals surface area (Å²) >= 11 is 11.9. The molecule has 0 fully saturated rings. The molecule has 9 heteroatoms. The lowest BCUT2D eigenvalue weighted by Gasteiger charge is -2.30. The fourth-order valence-electron chi connectivity index (χ4n) is 2.83. The number of hydrogen-bond acceptors (Lipinski definition) is 2. The Balaban J connectivity index is 1.94. The number of aryl methyl sites for hydroxylation is 1. The van der Waals surface area contributed by atoms with E-state index in [0.29, 0.717) is 10.6 Å². The molecule has 4 nitrogen and oxygen atoms in total. The number of alkyl halides is 3. The normalized spacial score (nSPS) is 19.3. The van der Waals surface area contributed by atoms with Gasteiger partial charge in [0.15, 0.2) is 0 Å². The van der Waals surface area contributed by atoms with Gasteiger partial charge in [-0.1, -0.05) is 47.5 Å². The molecule has 1 aromatic heterocycles. The van der Waals surface area contributed by atoms with E-state index < -0.39 is 23.8 Å². The number of benzene rings is 1. The number of rotatable bonds is 4. The Kier molecular flexibility index (Phi) is 5.35. The van der Waals surface area contributed by atoms with E-state index in [-0.39, 0.29) is 22.6 Å². The lowest BCUT2D eigenvalue weighted by Crippen LogP contribution is -2.46. The number of hydrogen-bond donors (Lipinski definition) is 1. The predicted octanol–water partition coefficient (Wildman–Crippen LogP) is 5.10. The van der Waals surface area contributed by atoms with Gasteiger partial charge in [-0.2, -0.15) is 5.10 Å². The van der Waals surface area contributed by atoms with Gasteiger partial charge in [0.1, 0.15) is 5.69 Å². The van der Waals surface area contributed by atoms with Crippen molar-refractivity contribution in [1.29, 1.82) is 0 Å². The molecular formula is C18H14Cl2F3N3O. The molecule has 0 spiro atoms. The van der Waals surface area contributed by atoms with Gasteiger partial charge in [0, 0.05) is 25.2 Å². The second kappa shape index (κ2) is 7.40. The number of carbonyl (C=O) groups is 1. The van der Waals surface area contributed by atoms with E-state index >= 15 is 4.39 Å². The second-order valence-electron chi connectivity index (χ2n) is 6.00. The molecule has 1 amide bonds. The summed E-state index contributed by atoms with van der Waals surface area (Å²) in [5.74, 6) is -3.29. The Bertz CT molecular complexity index is 955. The van der Waals surface area contributed by atoms with E-state index in [1.165, 1.54) is 31.3 Å². The molecular weight excluding hydrogens is 402 g/mol. The molecule has 0 radical (unpaired) electrons. The van der Waals surface area contributed by atoms with Crippen molar-refractivity contribution in [2.24, 2.45) is 7.05 Å². The van der Waals surface area contributed by atoms with E-state index in [9.17, 15) is 13.6 Å². The largest absolute Gasteiger partial charge is 0.316 e. The van der Waals surface area contributed by atoms with Crippen LogP contribution in [0.25, 0.3) is 5.57 Å². The fourth-order valence-corrected chi connectivity index (χ4v) is 3.13. The maximum atomic E-state index is 15.7. The van der Waals surface area contributed by atoms with Crippen molar-refractivity contribution < 1.29 is 18.0 Å². The molecule has 1 unspecified atom stereocenters. The molecule has 0 saturated heterocycles. The molecule has 3 rings (SSSR count). The third-order valence-electron chi connectivity index (χ3n) is 4.08. The maximum Gasteiger partial charge on any atom is 0.282 e. The summed E-state index contributed by atoms with van der Waals surface area (Å²) in [6.45, 7) is 0. The Morgan fingerprint density at radius 2 is 2.07 bits per heavy atom. The first-order valence-corrected chi connectivity index (χ1v) is 8.62. The number of halogens is 5. The third-order valence-corrected chi connectivity index (χ3v) is 4.82. The van der Waals surface area contributed by atoms with Crippen molar-refractivity contribution in [3.63, 3.8) is 0 Å². The first-order chi connectivity index (χ1) is 12.7. The zero-order valence-corrected chi connectivity index (χ0v) is 15.5. The van der Waals surface area contributed by atoms with Crippen LogP contribution in [0.2, 0.25) is 10.0 Å². The van der Waals surface area contributed by atoms with Crippen LogP contribution in [-0.2, 0) is 7.05 Å². The van der Waals surface area contributed by atoms with Crippen LogP contribution in [-0.4, -0.2) is 21.5 Å². The van der Waals surface area contributed by atoms with E-state index in [4.69, 9.17) is 23.2 Å². The molecule has 27 heavy (non-hydrogen) atoms. The van der Waals surface area contributed by atoms with Crippen LogP contribution in [0, 0.1) is 0 Å². The highest BCUT2D eigenvalue weighted by molar-refractivity contribution is 6.42. The van der Waals surface area contributed by atoms with Crippen LogP contribution in [0.1, 0.15) is 34.5 Å².